The summed E-state index contributed by atoms with van der Waals surface area (Å²) >= 11 is 0. The van der Waals surface area contributed by atoms with E-state index < -0.39 is 16.7 Å². The van der Waals surface area contributed by atoms with Crippen LogP contribution in [0.2, 0.25) is 0 Å². The number of methoxy groups -OCH3 is 1. The average Bonchev–Trinajstić information content (AvgIpc) is 2.60. The third-order valence-corrected chi connectivity index (χ3v) is 3.13. The van der Waals surface area contributed by atoms with Gasteiger partial charge in [-0.2, -0.15) is 0 Å². The number of benzene rings is 2. The van der Waals surface area contributed by atoms with Crippen LogP contribution in [0.5, 0.6) is 5.75 Å². The average molecular weight is 329 g/mol. The number of ether oxygens (including phenoxy) is 1. The first kappa shape index (κ1) is 16.9. The molecule has 0 fully saturated rings. The summed E-state index contributed by atoms with van der Waals surface area (Å²) in [5.41, 5.74) is 0.975. The van der Waals surface area contributed by atoms with E-state index in [1.165, 1.54) is 31.4 Å². The predicted molar refractivity (Wildman–Crippen MR) is 86.6 cm³/mol. The molecule has 8 heteroatoms. The van der Waals surface area contributed by atoms with Gasteiger partial charge in [-0.1, -0.05) is 12.1 Å². The van der Waals surface area contributed by atoms with Gasteiger partial charge >= 0.3 is 11.8 Å². The Balaban J connectivity index is 1.89. The molecule has 0 unspecified atom stereocenters. The summed E-state index contributed by atoms with van der Waals surface area (Å²) in [5, 5.41) is 15.4. The van der Waals surface area contributed by atoms with Crippen LogP contribution in [0.4, 0.5) is 11.4 Å². The second-order valence-corrected chi connectivity index (χ2v) is 4.79. The molecule has 0 bridgehead atoms. The first-order valence-corrected chi connectivity index (χ1v) is 6.96. The zero-order valence-corrected chi connectivity index (χ0v) is 12.8. The second kappa shape index (κ2) is 7.73. The maximum absolute atomic E-state index is 11.8. The molecule has 2 rings (SSSR count). The van der Waals surface area contributed by atoms with Crippen LogP contribution in [-0.2, 0) is 16.1 Å². The van der Waals surface area contributed by atoms with E-state index in [1.807, 2.05) is 0 Å². The summed E-state index contributed by atoms with van der Waals surface area (Å²) < 4.78 is 5.07. The molecule has 2 aromatic rings. The van der Waals surface area contributed by atoms with E-state index in [4.69, 9.17) is 4.74 Å². The highest BCUT2D eigenvalue weighted by molar-refractivity contribution is 6.39. The molecule has 0 aliphatic heterocycles. The van der Waals surface area contributed by atoms with Gasteiger partial charge in [-0.15, -0.1) is 0 Å². The zero-order valence-electron chi connectivity index (χ0n) is 12.8. The Hall–Kier alpha value is -3.42. The number of rotatable bonds is 5. The lowest BCUT2D eigenvalue weighted by molar-refractivity contribution is -0.384. The van der Waals surface area contributed by atoms with Crippen molar-refractivity contribution in [3.05, 3.63) is 64.2 Å². The molecule has 0 atom stereocenters. The Morgan fingerprint density at radius 3 is 2.46 bits per heavy atom. The molecule has 0 aromatic heterocycles. The molecule has 2 aromatic carbocycles. The minimum Gasteiger partial charge on any atom is -0.497 e. The second-order valence-electron chi connectivity index (χ2n) is 4.79. The number of hydrogen-bond acceptors (Lipinski definition) is 5. The molecule has 0 saturated carbocycles. The van der Waals surface area contributed by atoms with Crippen molar-refractivity contribution >= 4 is 23.2 Å². The van der Waals surface area contributed by atoms with Gasteiger partial charge in [0.25, 0.3) is 5.69 Å². The minimum atomic E-state index is -0.855. The summed E-state index contributed by atoms with van der Waals surface area (Å²) in [6, 6.07) is 12.3. The van der Waals surface area contributed by atoms with Crippen molar-refractivity contribution < 1.29 is 19.2 Å². The number of nitrogens with one attached hydrogen (secondary N) is 2. The fourth-order valence-electron chi connectivity index (χ4n) is 1.90. The number of carbonyl (C=O) groups is 2. The Kier molecular flexibility index (Phi) is 5.45. The van der Waals surface area contributed by atoms with E-state index >= 15 is 0 Å². The Morgan fingerprint density at radius 1 is 1.12 bits per heavy atom. The predicted octanol–water partition coefficient (Wildman–Crippen LogP) is 1.86. The van der Waals surface area contributed by atoms with Crippen LogP contribution >= 0.6 is 0 Å². The molecule has 2 N–H and O–H groups in total. The van der Waals surface area contributed by atoms with E-state index in [0.29, 0.717) is 11.4 Å². The van der Waals surface area contributed by atoms with E-state index in [2.05, 4.69) is 10.6 Å². The van der Waals surface area contributed by atoms with E-state index in [-0.39, 0.29) is 12.2 Å². The van der Waals surface area contributed by atoms with Gasteiger partial charge in [0.05, 0.1) is 12.0 Å². The standard InChI is InChI=1S/C16H15N3O5/c1-24-14-4-2-3-11(9-14)10-17-15(20)16(21)18-12-5-7-13(8-6-12)19(22)23/h2-9H,10H2,1H3,(H,17,20)(H,18,21). The number of non-ortho nitro benzene ring substituents is 1. The summed E-state index contributed by atoms with van der Waals surface area (Å²) in [7, 11) is 1.54. The smallest absolute Gasteiger partial charge is 0.313 e. The maximum Gasteiger partial charge on any atom is 0.313 e. The summed E-state index contributed by atoms with van der Waals surface area (Å²) in [6.07, 6.45) is 0. The molecule has 0 heterocycles. The third kappa shape index (κ3) is 4.54. The van der Waals surface area contributed by atoms with Crippen LogP contribution < -0.4 is 15.4 Å². The minimum absolute atomic E-state index is 0.101. The number of hydrogen-bond donors (Lipinski definition) is 2. The number of nitro groups is 1. The monoisotopic (exact) mass is 329 g/mol. The molecular formula is C16H15N3O5. The van der Waals surface area contributed by atoms with Crippen LogP contribution in [0, 0.1) is 10.1 Å². The molecule has 2 amide bonds. The van der Waals surface area contributed by atoms with E-state index in [0.717, 1.165) is 5.56 Å². The number of amides is 2. The van der Waals surface area contributed by atoms with Gasteiger partial charge in [0, 0.05) is 24.4 Å². The van der Waals surface area contributed by atoms with Crippen LogP contribution in [0.1, 0.15) is 5.56 Å². The molecule has 124 valence electrons. The van der Waals surface area contributed by atoms with Crippen LogP contribution in [-0.4, -0.2) is 23.8 Å². The highest BCUT2D eigenvalue weighted by Crippen LogP contribution is 2.15. The molecule has 0 radical (unpaired) electrons. The number of nitrogens with zero attached hydrogens (tertiary/aromatic N) is 1. The highest BCUT2D eigenvalue weighted by Gasteiger charge is 2.14. The molecule has 0 saturated heterocycles. The number of carbonyl (C=O) groups excluding carboxylic acids is 2. The van der Waals surface area contributed by atoms with Gasteiger partial charge in [-0.3, -0.25) is 19.7 Å². The lowest BCUT2D eigenvalue weighted by Crippen LogP contribution is -2.34. The van der Waals surface area contributed by atoms with Crippen molar-refractivity contribution in [3.63, 3.8) is 0 Å². The maximum atomic E-state index is 11.8. The highest BCUT2D eigenvalue weighted by atomic mass is 16.6. The summed E-state index contributed by atoms with van der Waals surface area (Å²) in [5.74, 6) is -1.01. The first-order valence-electron chi connectivity index (χ1n) is 6.96. The normalized spacial score (nSPS) is 9.88. The van der Waals surface area contributed by atoms with Gasteiger partial charge < -0.3 is 15.4 Å². The molecule has 8 nitrogen and oxygen atoms in total. The zero-order chi connectivity index (χ0) is 17.5. The van der Waals surface area contributed by atoms with Crippen molar-refractivity contribution in [2.75, 3.05) is 12.4 Å². The van der Waals surface area contributed by atoms with Gasteiger partial charge in [0.15, 0.2) is 0 Å². The SMILES string of the molecule is COc1cccc(CNC(=O)C(=O)Nc2ccc([N+](=O)[O-])cc2)c1. The van der Waals surface area contributed by atoms with Crippen LogP contribution in [0.3, 0.4) is 0 Å². The quantitative estimate of drug-likeness (QED) is 0.494. The largest absolute Gasteiger partial charge is 0.497 e. The summed E-state index contributed by atoms with van der Waals surface area (Å²) in [6.45, 7) is 0.170. The van der Waals surface area contributed by atoms with Crippen molar-refractivity contribution in [1.82, 2.24) is 5.32 Å². The number of nitro benzene ring substituents is 1. The summed E-state index contributed by atoms with van der Waals surface area (Å²) in [4.78, 5) is 33.6. The lowest BCUT2D eigenvalue weighted by Gasteiger charge is -2.07. The van der Waals surface area contributed by atoms with Gasteiger partial charge in [0.2, 0.25) is 0 Å². The van der Waals surface area contributed by atoms with Crippen LogP contribution in [0.25, 0.3) is 0 Å². The van der Waals surface area contributed by atoms with Crippen molar-refractivity contribution in [1.29, 1.82) is 0 Å². The Bertz CT molecular complexity index is 759. The van der Waals surface area contributed by atoms with Gasteiger partial charge in [-0.05, 0) is 29.8 Å². The molecule has 0 aliphatic carbocycles. The van der Waals surface area contributed by atoms with Crippen molar-refractivity contribution in [2.24, 2.45) is 0 Å². The number of anilines is 1. The fourth-order valence-corrected chi connectivity index (χ4v) is 1.90. The molecule has 0 spiro atoms. The fraction of sp³-hybridized carbons (Fsp3) is 0.125. The molecular weight excluding hydrogens is 314 g/mol. The van der Waals surface area contributed by atoms with E-state index in [1.54, 1.807) is 24.3 Å². The van der Waals surface area contributed by atoms with E-state index in [9.17, 15) is 19.7 Å². The lowest BCUT2D eigenvalue weighted by atomic mass is 10.2. The van der Waals surface area contributed by atoms with Crippen molar-refractivity contribution in [2.45, 2.75) is 6.54 Å². The molecule has 0 aliphatic rings. The molecule has 24 heavy (non-hydrogen) atoms. The topological polar surface area (TPSA) is 111 Å². The van der Waals surface area contributed by atoms with Gasteiger partial charge in [-0.25, -0.2) is 0 Å². The van der Waals surface area contributed by atoms with Crippen molar-refractivity contribution in [3.8, 4) is 5.75 Å². The first-order chi connectivity index (χ1) is 11.5. The Morgan fingerprint density at radius 2 is 1.83 bits per heavy atom. The Labute approximate surface area is 137 Å². The van der Waals surface area contributed by atoms with Gasteiger partial charge in [0.1, 0.15) is 5.75 Å². The third-order valence-electron chi connectivity index (χ3n) is 3.13. The van der Waals surface area contributed by atoms with Crippen LogP contribution in [0.15, 0.2) is 48.5 Å².